The molecule has 0 aromatic heterocycles. The minimum absolute atomic E-state index is 0.0659. The van der Waals surface area contributed by atoms with Gasteiger partial charge in [-0.15, -0.1) is 11.8 Å². The smallest absolute Gasteiger partial charge is 0.319 e. The molecule has 0 heterocycles. The van der Waals surface area contributed by atoms with Crippen molar-refractivity contribution < 1.29 is 9.59 Å². The molecule has 0 aliphatic carbocycles. The van der Waals surface area contributed by atoms with Crippen molar-refractivity contribution in [2.45, 2.75) is 43.5 Å². The molecule has 0 aliphatic rings. The molecule has 8 heteroatoms. The van der Waals surface area contributed by atoms with Gasteiger partial charge >= 0.3 is 6.03 Å². The highest BCUT2D eigenvalue weighted by molar-refractivity contribution is 8.00. The topological polar surface area (TPSA) is 70.2 Å². The number of hydrogen-bond donors (Lipinski definition) is 3. The summed E-state index contributed by atoms with van der Waals surface area (Å²) >= 11 is 13.5. The van der Waals surface area contributed by atoms with E-state index in [-0.39, 0.29) is 23.2 Å². The van der Waals surface area contributed by atoms with E-state index in [9.17, 15) is 9.59 Å². The average Bonchev–Trinajstić information content (AvgIpc) is 2.63. The highest BCUT2D eigenvalue weighted by atomic mass is 35.5. The summed E-state index contributed by atoms with van der Waals surface area (Å²) in [6.45, 7) is 6.00. The lowest BCUT2D eigenvalue weighted by atomic mass is 10.2. The molecule has 150 valence electrons. The van der Waals surface area contributed by atoms with Crippen LogP contribution in [0.5, 0.6) is 0 Å². The molecular weight excluding hydrogens is 417 g/mol. The van der Waals surface area contributed by atoms with Crippen LogP contribution in [0.4, 0.5) is 10.5 Å². The number of nitrogens with one attached hydrogen (secondary N) is 3. The fourth-order valence-electron chi connectivity index (χ4n) is 2.28. The lowest BCUT2D eigenvalue weighted by Gasteiger charge is -2.14. The molecule has 0 fully saturated rings. The minimum atomic E-state index is -0.323. The number of carbonyl (C=O) groups is 2. The van der Waals surface area contributed by atoms with Crippen LogP contribution >= 0.6 is 35.0 Å². The molecule has 3 N–H and O–H groups in total. The van der Waals surface area contributed by atoms with Crippen LogP contribution in [-0.2, 0) is 11.3 Å². The molecule has 1 atom stereocenters. The van der Waals surface area contributed by atoms with Crippen molar-refractivity contribution in [2.75, 3.05) is 5.32 Å². The second kappa shape index (κ2) is 10.6. The summed E-state index contributed by atoms with van der Waals surface area (Å²) in [7, 11) is 0. The Morgan fingerprint density at radius 1 is 1.04 bits per heavy atom. The van der Waals surface area contributed by atoms with Gasteiger partial charge in [-0.25, -0.2) is 4.79 Å². The van der Waals surface area contributed by atoms with Crippen molar-refractivity contribution in [3.8, 4) is 0 Å². The molecule has 0 radical (unpaired) electrons. The van der Waals surface area contributed by atoms with E-state index >= 15 is 0 Å². The Morgan fingerprint density at radius 3 is 2.36 bits per heavy atom. The van der Waals surface area contributed by atoms with Crippen molar-refractivity contribution >= 4 is 52.6 Å². The van der Waals surface area contributed by atoms with Crippen LogP contribution in [0.2, 0.25) is 10.0 Å². The quantitative estimate of drug-likeness (QED) is 0.511. The van der Waals surface area contributed by atoms with E-state index in [0.29, 0.717) is 22.3 Å². The van der Waals surface area contributed by atoms with Gasteiger partial charge in [-0.1, -0.05) is 35.3 Å². The number of anilines is 1. The lowest BCUT2D eigenvalue weighted by molar-refractivity contribution is -0.120. The van der Waals surface area contributed by atoms with Crippen molar-refractivity contribution in [1.29, 1.82) is 0 Å². The Hall–Kier alpha value is -1.89. The zero-order valence-electron chi connectivity index (χ0n) is 15.9. The van der Waals surface area contributed by atoms with Crippen LogP contribution in [0.1, 0.15) is 26.3 Å². The molecule has 5 nitrogen and oxygen atoms in total. The fraction of sp³-hybridized carbons (Fsp3) is 0.300. The summed E-state index contributed by atoms with van der Waals surface area (Å²) in [5.41, 5.74) is 1.62. The number of urea groups is 1. The summed E-state index contributed by atoms with van der Waals surface area (Å²) < 4.78 is 0. The van der Waals surface area contributed by atoms with Gasteiger partial charge in [0.15, 0.2) is 0 Å². The molecule has 2 aromatic rings. The number of amides is 3. The van der Waals surface area contributed by atoms with Gasteiger partial charge in [-0.05, 0) is 56.7 Å². The molecule has 0 bridgehead atoms. The van der Waals surface area contributed by atoms with Crippen molar-refractivity contribution in [3.05, 3.63) is 58.1 Å². The first kappa shape index (κ1) is 22.4. The van der Waals surface area contributed by atoms with E-state index in [0.717, 1.165) is 10.5 Å². The van der Waals surface area contributed by atoms with E-state index in [2.05, 4.69) is 16.0 Å². The number of thioether (sulfide) groups is 1. The largest absolute Gasteiger partial charge is 0.351 e. The molecular formula is C20H23Cl2N3O2S. The van der Waals surface area contributed by atoms with E-state index in [1.807, 2.05) is 32.9 Å². The van der Waals surface area contributed by atoms with Crippen LogP contribution in [0.25, 0.3) is 0 Å². The third-order valence-electron chi connectivity index (χ3n) is 3.66. The van der Waals surface area contributed by atoms with E-state index in [4.69, 9.17) is 23.2 Å². The highest BCUT2D eigenvalue weighted by Gasteiger charge is 2.16. The Balaban J connectivity index is 1.84. The van der Waals surface area contributed by atoms with Gasteiger partial charge in [0.25, 0.3) is 0 Å². The van der Waals surface area contributed by atoms with Gasteiger partial charge in [-0.3, -0.25) is 4.79 Å². The molecule has 2 aromatic carbocycles. The molecule has 0 spiro atoms. The van der Waals surface area contributed by atoms with Crippen molar-refractivity contribution in [3.63, 3.8) is 0 Å². The van der Waals surface area contributed by atoms with Crippen LogP contribution in [0.15, 0.2) is 47.4 Å². The number of halogens is 2. The van der Waals surface area contributed by atoms with Crippen molar-refractivity contribution in [1.82, 2.24) is 10.6 Å². The van der Waals surface area contributed by atoms with E-state index < -0.39 is 0 Å². The summed E-state index contributed by atoms with van der Waals surface area (Å²) in [4.78, 5) is 24.8. The minimum Gasteiger partial charge on any atom is -0.351 e. The van der Waals surface area contributed by atoms with E-state index in [1.165, 1.54) is 11.8 Å². The maximum Gasteiger partial charge on any atom is 0.319 e. The monoisotopic (exact) mass is 439 g/mol. The Kier molecular flexibility index (Phi) is 8.48. The van der Waals surface area contributed by atoms with E-state index in [1.54, 1.807) is 30.3 Å². The standard InChI is InChI=1S/C20H23Cl2N3O2S/c1-12(2)24-20(27)25-16-7-4-14(5-8-16)11-23-19(26)13(3)28-18-10-15(21)6-9-17(18)22/h4-10,12-13H,11H2,1-3H3,(H,23,26)(H2,24,25,27). The zero-order valence-corrected chi connectivity index (χ0v) is 18.2. The molecule has 1 unspecified atom stereocenters. The fourth-order valence-corrected chi connectivity index (χ4v) is 3.71. The SMILES string of the molecule is CC(C)NC(=O)Nc1ccc(CNC(=O)C(C)Sc2cc(Cl)ccc2Cl)cc1. The van der Waals surface area contributed by atoms with Gasteiger partial charge in [0.1, 0.15) is 0 Å². The van der Waals surface area contributed by atoms with Gasteiger partial charge in [0, 0.05) is 28.2 Å². The molecule has 0 aliphatic heterocycles. The van der Waals surface area contributed by atoms with Crippen LogP contribution in [-0.4, -0.2) is 23.2 Å². The summed E-state index contributed by atoms with van der Waals surface area (Å²) in [5, 5.41) is 9.24. The first-order chi connectivity index (χ1) is 13.2. The number of rotatable bonds is 7. The first-order valence-corrected chi connectivity index (χ1v) is 10.4. The molecule has 0 saturated heterocycles. The second-order valence-corrected chi connectivity index (χ2v) is 8.73. The Labute approximate surface area is 179 Å². The zero-order chi connectivity index (χ0) is 20.7. The summed E-state index contributed by atoms with van der Waals surface area (Å²) in [6, 6.07) is 12.3. The number of carbonyl (C=O) groups excluding carboxylic acids is 2. The molecule has 3 amide bonds. The van der Waals surface area contributed by atoms with Gasteiger partial charge in [-0.2, -0.15) is 0 Å². The highest BCUT2D eigenvalue weighted by Crippen LogP contribution is 2.32. The maximum absolute atomic E-state index is 12.4. The second-order valence-electron chi connectivity index (χ2n) is 6.50. The van der Waals surface area contributed by atoms with Crippen LogP contribution < -0.4 is 16.0 Å². The number of benzene rings is 2. The Morgan fingerprint density at radius 2 is 1.71 bits per heavy atom. The first-order valence-electron chi connectivity index (χ1n) is 8.80. The predicted octanol–water partition coefficient (Wildman–Crippen LogP) is 5.32. The molecule has 2 rings (SSSR count). The third kappa shape index (κ3) is 7.26. The van der Waals surface area contributed by atoms with Crippen molar-refractivity contribution in [2.24, 2.45) is 0 Å². The van der Waals surface area contributed by atoms with Gasteiger partial charge in [0.2, 0.25) is 5.91 Å². The number of hydrogen-bond acceptors (Lipinski definition) is 3. The van der Waals surface area contributed by atoms with Gasteiger partial charge in [0.05, 0.1) is 10.3 Å². The summed E-state index contributed by atoms with van der Waals surface area (Å²) in [5.74, 6) is -0.0976. The Bertz CT molecular complexity index is 829. The molecule has 0 saturated carbocycles. The molecule has 28 heavy (non-hydrogen) atoms. The normalized spacial score (nSPS) is 11.8. The van der Waals surface area contributed by atoms with Crippen LogP contribution in [0, 0.1) is 0 Å². The maximum atomic E-state index is 12.4. The average molecular weight is 440 g/mol. The third-order valence-corrected chi connectivity index (χ3v) is 5.50. The van der Waals surface area contributed by atoms with Crippen LogP contribution in [0.3, 0.4) is 0 Å². The summed E-state index contributed by atoms with van der Waals surface area (Å²) in [6.07, 6.45) is 0. The lowest BCUT2D eigenvalue weighted by Crippen LogP contribution is -2.34. The predicted molar refractivity (Wildman–Crippen MR) is 117 cm³/mol. The van der Waals surface area contributed by atoms with Gasteiger partial charge < -0.3 is 16.0 Å².